The van der Waals surface area contributed by atoms with Crippen LogP contribution in [-0.4, -0.2) is 14.8 Å². The van der Waals surface area contributed by atoms with Crippen molar-refractivity contribution in [1.29, 1.82) is 0 Å². The first-order chi connectivity index (χ1) is 14.0. The SMILES string of the molecule is Cc1ccc(-n2c(SCc3ccc(Cl)cc3Cl)nnc2-c2cccc(C)c2)cc1. The van der Waals surface area contributed by atoms with Crippen LogP contribution in [0.2, 0.25) is 10.0 Å². The summed E-state index contributed by atoms with van der Waals surface area (Å²) in [6.07, 6.45) is 0. The molecule has 0 saturated carbocycles. The molecule has 0 aliphatic heterocycles. The van der Waals surface area contributed by atoms with Crippen LogP contribution in [0.25, 0.3) is 17.1 Å². The van der Waals surface area contributed by atoms with E-state index in [0.29, 0.717) is 15.8 Å². The van der Waals surface area contributed by atoms with Gasteiger partial charge in [-0.2, -0.15) is 0 Å². The Morgan fingerprint density at radius 1 is 0.862 bits per heavy atom. The second-order valence-corrected chi connectivity index (χ2v) is 8.66. The molecule has 4 rings (SSSR count). The molecule has 3 nitrogen and oxygen atoms in total. The van der Waals surface area contributed by atoms with Gasteiger partial charge in [0.25, 0.3) is 0 Å². The summed E-state index contributed by atoms with van der Waals surface area (Å²) in [5, 5.41) is 11.1. The molecule has 0 unspecified atom stereocenters. The molecule has 0 amide bonds. The molecule has 6 heteroatoms. The summed E-state index contributed by atoms with van der Waals surface area (Å²) in [6.45, 7) is 4.16. The molecule has 0 bridgehead atoms. The minimum Gasteiger partial charge on any atom is -0.270 e. The highest BCUT2D eigenvalue weighted by atomic mass is 35.5. The summed E-state index contributed by atoms with van der Waals surface area (Å²) in [7, 11) is 0. The molecule has 0 atom stereocenters. The molecule has 0 N–H and O–H groups in total. The minimum absolute atomic E-state index is 0.633. The Morgan fingerprint density at radius 3 is 2.38 bits per heavy atom. The smallest absolute Gasteiger partial charge is 0.196 e. The number of aromatic nitrogens is 3. The van der Waals surface area contributed by atoms with Crippen molar-refractivity contribution in [2.75, 3.05) is 0 Å². The average Bonchev–Trinajstić information content (AvgIpc) is 3.12. The highest BCUT2D eigenvalue weighted by molar-refractivity contribution is 7.98. The molecular formula is C23H19Cl2N3S. The van der Waals surface area contributed by atoms with Gasteiger partial charge in [-0.1, -0.05) is 82.5 Å². The lowest BCUT2D eigenvalue weighted by atomic mass is 10.1. The topological polar surface area (TPSA) is 30.7 Å². The number of nitrogens with zero attached hydrogens (tertiary/aromatic N) is 3. The van der Waals surface area contributed by atoms with E-state index >= 15 is 0 Å². The quantitative estimate of drug-likeness (QED) is 0.309. The van der Waals surface area contributed by atoms with Crippen LogP contribution < -0.4 is 0 Å². The van der Waals surface area contributed by atoms with Gasteiger partial charge in [0.15, 0.2) is 11.0 Å². The van der Waals surface area contributed by atoms with Crippen LogP contribution in [-0.2, 0) is 5.75 Å². The summed E-state index contributed by atoms with van der Waals surface area (Å²) >= 11 is 14.0. The van der Waals surface area contributed by atoms with E-state index < -0.39 is 0 Å². The van der Waals surface area contributed by atoms with Crippen LogP contribution in [0.1, 0.15) is 16.7 Å². The predicted molar refractivity (Wildman–Crippen MR) is 122 cm³/mol. The monoisotopic (exact) mass is 439 g/mol. The van der Waals surface area contributed by atoms with Crippen LogP contribution in [0.5, 0.6) is 0 Å². The first-order valence-electron chi connectivity index (χ1n) is 9.17. The normalized spacial score (nSPS) is 11.0. The summed E-state index contributed by atoms with van der Waals surface area (Å²) in [5.41, 5.74) is 5.47. The first kappa shape index (κ1) is 20.0. The number of hydrogen-bond acceptors (Lipinski definition) is 3. The molecule has 0 spiro atoms. The summed E-state index contributed by atoms with van der Waals surface area (Å²) in [4.78, 5) is 0. The van der Waals surface area contributed by atoms with Gasteiger partial charge in [-0.25, -0.2) is 0 Å². The van der Waals surface area contributed by atoms with Crippen molar-refractivity contribution in [2.24, 2.45) is 0 Å². The van der Waals surface area contributed by atoms with E-state index in [2.05, 4.69) is 71.1 Å². The van der Waals surface area contributed by atoms with E-state index in [1.165, 1.54) is 11.1 Å². The molecule has 29 heavy (non-hydrogen) atoms. The average molecular weight is 440 g/mol. The standard InChI is InChI=1S/C23H19Cl2N3S/c1-15-6-10-20(11-7-15)28-22(17-5-3-4-16(2)12-17)26-27-23(28)29-14-18-8-9-19(24)13-21(18)25/h3-13H,14H2,1-2H3. The van der Waals surface area contributed by atoms with Gasteiger partial charge in [-0.3, -0.25) is 4.57 Å². The predicted octanol–water partition coefficient (Wildman–Crippen LogP) is 7.15. The van der Waals surface area contributed by atoms with Crippen LogP contribution in [0.4, 0.5) is 0 Å². The lowest BCUT2D eigenvalue weighted by Gasteiger charge is -2.11. The van der Waals surface area contributed by atoms with E-state index in [9.17, 15) is 0 Å². The number of thioether (sulfide) groups is 1. The van der Waals surface area contributed by atoms with Crippen molar-refractivity contribution in [3.63, 3.8) is 0 Å². The molecule has 1 heterocycles. The van der Waals surface area contributed by atoms with Crippen molar-refractivity contribution >= 4 is 35.0 Å². The van der Waals surface area contributed by atoms with Crippen molar-refractivity contribution in [3.05, 3.63) is 93.5 Å². The van der Waals surface area contributed by atoms with Crippen LogP contribution >= 0.6 is 35.0 Å². The molecular weight excluding hydrogens is 421 g/mol. The third kappa shape index (κ3) is 4.50. The third-order valence-electron chi connectivity index (χ3n) is 4.57. The zero-order valence-electron chi connectivity index (χ0n) is 16.1. The van der Waals surface area contributed by atoms with E-state index in [1.807, 2.05) is 18.2 Å². The maximum absolute atomic E-state index is 6.35. The van der Waals surface area contributed by atoms with Crippen molar-refractivity contribution in [3.8, 4) is 17.1 Å². The molecule has 0 saturated heterocycles. The zero-order valence-corrected chi connectivity index (χ0v) is 18.4. The van der Waals surface area contributed by atoms with Gasteiger partial charge in [0.2, 0.25) is 0 Å². The summed E-state index contributed by atoms with van der Waals surface area (Å²) in [5.74, 6) is 1.50. The van der Waals surface area contributed by atoms with E-state index in [-0.39, 0.29) is 0 Å². The largest absolute Gasteiger partial charge is 0.270 e. The molecule has 0 aliphatic rings. The number of rotatable bonds is 5. The fourth-order valence-corrected chi connectivity index (χ4v) is 4.55. The lowest BCUT2D eigenvalue weighted by Crippen LogP contribution is -2.00. The Kier molecular flexibility index (Phi) is 5.95. The maximum Gasteiger partial charge on any atom is 0.196 e. The Balaban J connectivity index is 1.74. The fraction of sp³-hybridized carbons (Fsp3) is 0.130. The second kappa shape index (κ2) is 8.62. The van der Waals surface area contributed by atoms with E-state index in [1.54, 1.807) is 17.8 Å². The summed E-state index contributed by atoms with van der Waals surface area (Å²) < 4.78 is 2.10. The second-order valence-electron chi connectivity index (χ2n) is 6.87. The molecule has 3 aromatic carbocycles. The third-order valence-corrected chi connectivity index (χ3v) is 6.14. The van der Waals surface area contributed by atoms with Crippen molar-refractivity contribution < 1.29 is 0 Å². The Labute approximate surface area is 184 Å². The number of halogens is 2. The Hall–Kier alpha value is -2.27. The van der Waals surface area contributed by atoms with Gasteiger partial charge in [0.05, 0.1) is 0 Å². The van der Waals surface area contributed by atoms with Crippen LogP contribution in [0.15, 0.2) is 71.9 Å². The maximum atomic E-state index is 6.35. The van der Waals surface area contributed by atoms with Crippen LogP contribution in [0, 0.1) is 13.8 Å². The van der Waals surface area contributed by atoms with Crippen molar-refractivity contribution in [1.82, 2.24) is 14.8 Å². The molecule has 0 fully saturated rings. The molecule has 1 aromatic heterocycles. The summed E-state index contributed by atoms with van der Waals surface area (Å²) in [6, 6.07) is 22.3. The van der Waals surface area contributed by atoms with Gasteiger partial charge in [-0.15, -0.1) is 10.2 Å². The Bertz CT molecular complexity index is 1150. The van der Waals surface area contributed by atoms with Crippen molar-refractivity contribution in [2.45, 2.75) is 24.8 Å². The van der Waals surface area contributed by atoms with E-state index in [0.717, 1.165) is 27.8 Å². The zero-order chi connectivity index (χ0) is 20.4. The molecule has 0 aliphatic carbocycles. The number of benzene rings is 3. The van der Waals surface area contributed by atoms with Gasteiger partial charge in [0, 0.05) is 27.0 Å². The molecule has 4 aromatic rings. The minimum atomic E-state index is 0.633. The van der Waals surface area contributed by atoms with E-state index in [4.69, 9.17) is 23.2 Å². The van der Waals surface area contributed by atoms with Crippen LogP contribution in [0.3, 0.4) is 0 Å². The van der Waals surface area contributed by atoms with Gasteiger partial charge in [-0.05, 0) is 49.7 Å². The highest BCUT2D eigenvalue weighted by Gasteiger charge is 2.17. The molecule has 146 valence electrons. The van der Waals surface area contributed by atoms with Gasteiger partial charge >= 0.3 is 0 Å². The number of hydrogen-bond donors (Lipinski definition) is 0. The number of aryl methyl sites for hydroxylation is 2. The first-order valence-corrected chi connectivity index (χ1v) is 10.9. The highest BCUT2D eigenvalue weighted by Crippen LogP contribution is 2.32. The molecule has 0 radical (unpaired) electrons. The van der Waals surface area contributed by atoms with Gasteiger partial charge < -0.3 is 0 Å². The lowest BCUT2D eigenvalue weighted by molar-refractivity contribution is 0.885. The Morgan fingerprint density at radius 2 is 1.66 bits per heavy atom. The van der Waals surface area contributed by atoms with Gasteiger partial charge in [0.1, 0.15) is 0 Å². The fourth-order valence-electron chi connectivity index (χ4n) is 3.04.